The minimum atomic E-state index is -1.54. The molecule has 12 heavy (non-hydrogen) atoms. The lowest BCUT2D eigenvalue weighted by atomic mass is 10.5. The molecule has 0 radical (unpaired) electrons. The fourth-order valence-electron chi connectivity index (χ4n) is 0.738. The second-order valence-electron chi connectivity index (χ2n) is 2.09. The maximum absolute atomic E-state index is 10.7. The second-order valence-corrected chi connectivity index (χ2v) is 2.09. The molecule has 0 spiro atoms. The molecule has 0 aliphatic carbocycles. The number of carboxylic acids is 1. The van der Waals surface area contributed by atoms with Gasteiger partial charge in [0.15, 0.2) is 0 Å². The first kappa shape index (κ1) is 8.18. The van der Waals surface area contributed by atoms with Gasteiger partial charge in [-0.25, -0.2) is 9.59 Å². The Morgan fingerprint density at radius 1 is 1.58 bits per heavy atom. The van der Waals surface area contributed by atoms with Crippen molar-refractivity contribution in [1.82, 2.24) is 10.2 Å². The average molecular weight is 171 g/mol. The quantitative estimate of drug-likeness (QED) is 0.236. The number of amidine groups is 1. The molecular formula is C5H5N3O4. The van der Waals surface area contributed by atoms with Crippen molar-refractivity contribution in [1.29, 1.82) is 5.41 Å². The molecule has 1 heterocycles. The highest BCUT2D eigenvalue weighted by molar-refractivity contribution is 6.37. The van der Waals surface area contributed by atoms with Crippen LogP contribution in [-0.2, 0) is 9.59 Å². The van der Waals surface area contributed by atoms with Gasteiger partial charge in [-0.15, -0.1) is 0 Å². The maximum atomic E-state index is 10.7. The molecule has 0 aromatic heterocycles. The summed E-state index contributed by atoms with van der Waals surface area (Å²) in [6.45, 7) is -0.399. The van der Waals surface area contributed by atoms with E-state index in [0.29, 0.717) is 4.90 Å². The van der Waals surface area contributed by atoms with E-state index in [0.717, 1.165) is 0 Å². The summed E-state index contributed by atoms with van der Waals surface area (Å²) in [6, 6.07) is -0.868. The summed E-state index contributed by atoms with van der Waals surface area (Å²) in [7, 11) is 0. The smallest absolute Gasteiger partial charge is 0.371 e. The Morgan fingerprint density at radius 2 is 2.17 bits per heavy atom. The number of carbonyl (C=O) groups excluding carboxylic acids is 2. The van der Waals surface area contributed by atoms with Crippen LogP contribution in [-0.4, -0.2) is 40.3 Å². The van der Waals surface area contributed by atoms with Crippen molar-refractivity contribution in [3.63, 3.8) is 0 Å². The molecular weight excluding hydrogens is 166 g/mol. The number of hydrogen-bond donors (Lipinski definition) is 3. The molecule has 0 aromatic rings. The van der Waals surface area contributed by atoms with Gasteiger partial charge < -0.3 is 5.11 Å². The molecule has 3 N–H and O–H groups in total. The molecule has 1 saturated heterocycles. The van der Waals surface area contributed by atoms with Gasteiger partial charge in [0, 0.05) is 0 Å². The van der Waals surface area contributed by atoms with Crippen molar-refractivity contribution in [2.24, 2.45) is 0 Å². The Hall–Kier alpha value is -1.92. The largest absolute Gasteiger partial charge is 0.475 e. The molecule has 1 aliphatic rings. The van der Waals surface area contributed by atoms with Gasteiger partial charge in [-0.1, -0.05) is 0 Å². The predicted molar refractivity (Wildman–Crippen MR) is 35.6 cm³/mol. The van der Waals surface area contributed by atoms with Crippen LogP contribution < -0.4 is 5.32 Å². The predicted octanol–water partition coefficient (Wildman–Crippen LogP) is -1.40. The number of amides is 3. The molecule has 1 fully saturated rings. The number of urea groups is 1. The van der Waals surface area contributed by atoms with E-state index in [9.17, 15) is 14.4 Å². The van der Waals surface area contributed by atoms with Crippen molar-refractivity contribution in [2.75, 3.05) is 6.54 Å². The number of imide groups is 1. The number of nitrogens with one attached hydrogen (secondary N) is 2. The van der Waals surface area contributed by atoms with Crippen molar-refractivity contribution in [2.45, 2.75) is 0 Å². The molecule has 7 nitrogen and oxygen atoms in total. The maximum Gasteiger partial charge on any atom is 0.371 e. The fourth-order valence-corrected chi connectivity index (χ4v) is 0.738. The molecule has 1 aliphatic heterocycles. The lowest BCUT2D eigenvalue weighted by Gasteiger charge is -2.08. The summed E-state index contributed by atoms with van der Waals surface area (Å²) in [5, 5.41) is 17.0. The molecule has 0 saturated carbocycles. The lowest BCUT2D eigenvalue weighted by molar-refractivity contribution is -0.130. The first-order valence-corrected chi connectivity index (χ1v) is 2.95. The van der Waals surface area contributed by atoms with E-state index >= 15 is 0 Å². The Balaban J connectivity index is 2.77. The summed E-state index contributed by atoms with van der Waals surface area (Å²) in [6.07, 6.45) is 0. The number of nitrogens with zero attached hydrogens (tertiary/aromatic N) is 1. The average Bonchev–Trinajstić information content (AvgIpc) is 2.28. The van der Waals surface area contributed by atoms with Gasteiger partial charge in [-0.3, -0.25) is 20.4 Å². The minimum absolute atomic E-state index is 0.399. The number of carboxylic acid groups (broad SMARTS) is 1. The van der Waals surface area contributed by atoms with Crippen LogP contribution in [0.5, 0.6) is 0 Å². The summed E-state index contributed by atoms with van der Waals surface area (Å²) in [5.74, 6) is -3.05. The van der Waals surface area contributed by atoms with Crippen LogP contribution in [0, 0.1) is 5.41 Å². The highest BCUT2D eigenvalue weighted by Gasteiger charge is 2.32. The van der Waals surface area contributed by atoms with Gasteiger partial charge in [0.05, 0.1) is 0 Å². The van der Waals surface area contributed by atoms with Crippen LogP contribution >= 0.6 is 0 Å². The van der Waals surface area contributed by atoms with E-state index in [1.165, 1.54) is 0 Å². The molecule has 3 amide bonds. The second kappa shape index (κ2) is 2.61. The van der Waals surface area contributed by atoms with E-state index in [1.807, 2.05) is 5.32 Å². The Bertz CT molecular complexity index is 284. The summed E-state index contributed by atoms with van der Waals surface area (Å²) >= 11 is 0. The number of hydrogen-bond acceptors (Lipinski definition) is 4. The van der Waals surface area contributed by atoms with Crippen LogP contribution in [0.25, 0.3) is 0 Å². The number of aliphatic carboxylic acids is 1. The topological polar surface area (TPSA) is 111 Å². The zero-order chi connectivity index (χ0) is 9.30. The van der Waals surface area contributed by atoms with Crippen molar-refractivity contribution in [3.8, 4) is 0 Å². The first-order chi connectivity index (χ1) is 5.52. The zero-order valence-corrected chi connectivity index (χ0v) is 5.83. The Kier molecular flexibility index (Phi) is 1.78. The zero-order valence-electron chi connectivity index (χ0n) is 5.83. The van der Waals surface area contributed by atoms with Gasteiger partial charge in [-0.2, -0.15) is 0 Å². The lowest BCUT2D eigenvalue weighted by Crippen LogP contribution is -2.38. The third-order valence-corrected chi connectivity index (χ3v) is 1.27. The van der Waals surface area contributed by atoms with E-state index in [4.69, 9.17) is 10.5 Å². The monoisotopic (exact) mass is 171 g/mol. The molecule has 64 valence electrons. The summed E-state index contributed by atoms with van der Waals surface area (Å²) in [5.41, 5.74) is 0. The number of carbonyl (C=O) groups is 3. The van der Waals surface area contributed by atoms with Gasteiger partial charge in [0.2, 0.25) is 11.7 Å². The van der Waals surface area contributed by atoms with Crippen LogP contribution in [0.1, 0.15) is 0 Å². The summed E-state index contributed by atoms with van der Waals surface area (Å²) < 4.78 is 0. The highest BCUT2D eigenvalue weighted by Crippen LogP contribution is 1.98. The Morgan fingerprint density at radius 3 is 2.50 bits per heavy atom. The van der Waals surface area contributed by atoms with E-state index < -0.39 is 30.3 Å². The minimum Gasteiger partial charge on any atom is -0.475 e. The molecule has 0 atom stereocenters. The van der Waals surface area contributed by atoms with Gasteiger partial charge in [0.1, 0.15) is 6.54 Å². The van der Waals surface area contributed by atoms with E-state index in [1.54, 1.807) is 0 Å². The van der Waals surface area contributed by atoms with Crippen LogP contribution in [0.4, 0.5) is 4.79 Å². The van der Waals surface area contributed by atoms with Gasteiger partial charge in [-0.05, 0) is 0 Å². The van der Waals surface area contributed by atoms with Crippen molar-refractivity contribution >= 4 is 23.7 Å². The van der Waals surface area contributed by atoms with Crippen LogP contribution in [0.15, 0.2) is 0 Å². The van der Waals surface area contributed by atoms with Gasteiger partial charge >= 0.3 is 12.0 Å². The van der Waals surface area contributed by atoms with Crippen LogP contribution in [0.2, 0.25) is 0 Å². The van der Waals surface area contributed by atoms with Gasteiger partial charge in [0.25, 0.3) is 0 Å². The highest BCUT2D eigenvalue weighted by atomic mass is 16.4. The van der Waals surface area contributed by atoms with Crippen molar-refractivity contribution in [3.05, 3.63) is 0 Å². The number of rotatable bonds is 0. The van der Waals surface area contributed by atoms with Crippen molar-refractivity contribution < 1.29 is 19.5 Å². The molecule has 0 unspecified atom stereocenters. The molecule has 7 heteroatoms. The Labute approximate surface area is 66.5 Å². The molecule has 0 aromatic carbocycles. The van der Waals surface area contributed by atoms with E-state index in [2.05, 4.69) is 0 Å². The first-order valence-electron chi connectivity index (χ1n) is 2.95. The third-order valence-electron chi connectivity index (χ3n) is 1.27. The standard InChI is InChI=1S/C5H5N3O4/c6-3(4(10)11)8-1-2(9)7-5(8)12/h6H,1H2,(H,10,11)(H,7,9,12). The summed E-state index contributed by atoms with van der Waals surface area (Å²) in [4.78, 5) is 32.0. The third kappa shape index (κ3) is 1.24. The van der Waals surface area contributed by atoms with Crippen LogP contribution in [0.3, 0.4) is 0 Å². The van der Waals surface area contributed by atoms with E-state index in [-0.39, 0.29) is 0 Å². The SMILES string of the molecule is N=C(C(=O)O)N1CC(=O)NC1=O. The fraction of sp³-hybridized carbons (Fsp3) is 0.200. The molecule has 0 bridgehead atoms. The normalized spacial score (nSPS) is 16.2. The molecule has 1 rings (SSSR count).